The highest BCUT2D eigenvalue weighted by atomic mass is 14.9. The van der Waals surface area contributed by atoms with Gasteiger partial charge in [-0.15, -0.1) is 0 Å². The first-order chi connectivity index (χ1) is 9.49. The lowest BCUT2D eigenvalue weighted by Gasteiger charge is -2.06. The van der Waals surface area contributed by atoms with Crippen LogP contribution in [-0.4, -0.2) is 4.57 Å². The predicted molar refractivity (Wildman–Crippen MR) is 88.6 cm³/mol. The van der Waals surface area contributed by atoms with E-state index in [9.17, 15) is 0 Å². The molecular formula is C19H23N. The van der Waals surface area contributed by atoms with Crippen LogP contribution in [-0.2, 0) is 7.05 Å². The van der Waals surface area contributed by atoms with Gasteiger partial charge in [0.05, 0.1) is 0 Å². The molecule has 0 atom stereocenters. The lowest BCUT2D eigenvalue weighted by atomic mass is 9.98. The fourth-order valence-electron chi connectivity index (χ4n) is 2.97. The van der Waals surface area contributed by atoms with Gasteiger partial charge in [-0.3, -0.25) is 0 Å². The highest BCUT2D eigenvalue weighted by molar-refractivity contribution is 6.08. The summed E-state index contributed by atoms with van der Waals surface area (Å²) in [6.07, 6.45) is 0. The number of rotatable bonds is 2. The molecule has 1 heterocycles. The Morgan fingerprint density at radius 1 is 0.700 bits per heavy atom. The fourth-order valence-corrected chi connectivity index (χ4v) is 2.97. The standard InChI is InChI=1S/C19H23N/c1-12(2)14-6-8-18-16(10-14)17-11-15(13(3)4)7-9-19(17)20(18)5/h6-13H,1-5H3. The molecule has 0 aliphatic heterocycles. The lowest BCUT2D eigenvalue weighted by molar-refractivity contribution is 0.868. The molecule has 0 N–H and O–H groups in total. The van der Waals surface area contributed by atoms with E-state index < -0.39 is 0 Å². The molecule has 2 aromatic carbocycles. The van der Waals surface area contributed by atoms with E-state index in [0.29, 0.717) is 11.8 Å². The molecule has 0 radical (unpaired) electrons. The largest absolute Gasteiger partial charge is 0.344 e. The maximum Gasteiger partial charge on any atom is 0.0488 e. The van der Waals surface area contributed by atoms with Crippen LogP contribution in [0.4, 0.5) is 0 Å². The van der Waals surface area contributed by atoms with Crippen LogP contribution >= 0.6 is 0 Å². The van der Waals surface area contributed by atoms with Gasteiger partial charge in [0, 0.05) is 28.9 Å². The van der Waals surface area contributed by atoms with Crippen molar-refractivity contribution in [2.45, 2.75) is 39.5 Å². The average Bonchev–Trinajstić information content (AvgIpc) is 2.71. The summed E-state index contributed by atoms with van der Waals surface area (Å²) in [5, 5.41) is 2.77. The summed E-state index contributed by atoms with van der Waals surface area (Å²) in [5.74, 6) is 1.14. The summed E-state index contributed by atoms with van der Waals surface area (Å²) in [4.78, 5) is 0. The molecule has 20 heavy (non-hydrogen) atoms. The maximum absolute atomic E-state index is 2.37. The summed E-state index contributed by atoms with van der Waals surface area (Å²) >= 11 is 0. The molecule has 1 heteroatoms. The Bertz CT molecular complexity index is 710. The Kier molecular flexibility index (Phi) is 3.08. The molecule has 0 saturated heterocycles. The third-order valence-electron chi connectivity index (χ3n) is 4.39. The number of fused-ring (bicyclic) bond motifs is 3. The zero-order valence-electron chi connectivity index (χ0n) is 13.1. The van der Waals surface area contributed by atoms with Gasteiger partial charge in [-0.05, 0) is 47.2 Å². The molecule has 1 nitrogen and oxygen atoms in total. The van der Waals surface area contributed by atoms with Crippen LogP contribution in [0.1, 0.15) is 50.7 Å². The molecule has 0 saturated carbocycles. The number of benzene rings is 2. The Morgan fingerprint density at radius 3 is 1.45 bits per heavy atom. The van der Waals surface area contributed by atoms with E-state index in [1.807, 2.05) is 0 Å². The molecule has 1 aromatic heterocycles. The highest BCUT2D eigenvalue weighted by Crippen LogP contribution is 2.32. The number of nitrogens with zero attached hydrogens (tertiary/aromatic N) is 1. The molecule has 3 rings (SSSR count). The van der Waals surface area contributed by atoms with Crippen LogP contribution < -0.4 is 0 Å². The normalized spacial score (nSPS) is 12.2. The Balaban J connectivity index is 2.38. The van der Waals surface area contributed by atoms with Crippen molar-refractivity contribution < 1.29 is 0 Å². The van der Waals surface area contributed by atoms with Crippen LogP contribution in [0.3, 0.4) is 0 Å². The molecule has 0 unspecified atom stereocenters. The van der Waals surface area contributed by atoms with Crippen LogP contribution in [0, 0.1) is 0 Å². The molecule has 3 aromatic rings. The Labute approximate surface area is 121 Å². The third kappa shape index (κ3) is 1.93. The minimum atomic E-state index is 0.572. The van der Waals surface area contributed by atoms with Crippen LogP contribution in [0.15, 0.2) is 36.4 Å². The van der Waals surface area contributed by atoms with Crippen molar-refractivity contribution in [1.29, 1.82) is 0 Å². The number of hydrogen-bond acceptors (Lipinski definition) is 0. The van der Waals surface area contributed by atoms with Gasteiger partial charge in [-0.2, -0.15) is 0 Å². The summed E-state index contributed by atoms with van der Waals surface area (Å²) in [6, 6.07) is 13.8. The first-order valence-electron chi connectivity index (χ1n) is 7.51. The SMILES string of the molecule is CC(C)c1ccc2c(c1)c1cc(C(C)C)ccc1n2C. The molecule has 0 fully saturated rings. The molecule has 0 amide bonds. The maximum atomic E-state index is 2.37. The van der Waals surface area contributed by atoms with E-state index in [1.54, 1.807) is 0 Å². The predicted octanol–water partition coefficient (Wildman–Crippen LogP) is 5.58. The number of aromatic nitrogens is 1. The lowest BCUT2D eigenvalue weighted by Crippen LogP contribution is -1.89. The second-order valence-electron chi connectivity index (χ2n) is 6.42. The van der Waals surface area contributed by atoms with Crippen molar-refractivity contribution in [3.8, 4) is 0 Å². The summed E-state index contributed by atoms with van der Waals surface area (Å²) in [6.45, 7) is 9.02. The first-order valence-corrected chi connectivity index (χ1v) is 7.51. The number of aryl methyl sites for hydroxylation is 1. The van der Waals surface area contributed by atoms with Crippen molar-refractivity contribution in [1.82, 2.24) is 4.57 Å². The van der Waals surface area contributed by atoms with Gasteiger partial charge in [-0.1, -0.05) is 39.8 Å². The molecule has 0 aliphatic rings. The highest BCUT2D eigenvalue weighted by Gasteiger charge is 2.11. The van der Waals surface area contributed by atoms with Gasteiger partial charge < -0.3 is 4.57 Å². The quantitative estimate of drug-likeness (QED) is 0.570. The zero-order valence-corrected chi connectivity index (χ0v) is 13.1. The van der Waals surface area contributed by atoms with E-state index in [0.717, 1.165) is 0 Å². The topological polar surface area (TPSA) is 4.93 Å². The van der Waals surface area contributed by atoms with E-state index in [1.165, 1.54) is 32.9 Å². The molecule has 104 valence electrons. The molecule has 0 spiro atoms. The Hall–Kier alpha value is -1.76. The van der Waals surface area contributed by atoms with Gasteiger partial charge in [0.25, 0.3) is 0 Å². The van der Waals surface area contributed by atoms with Gasteiger partial charge in [0.15, 0.2) is 0 Å². The monoisotopic (exact) mass is 265 g/mol. The Morgan fingerprint density at radius 2 is 1.10 bits per heavy atom. The van der Waals surface area contributed by atoms with Gasteiger partial charge in [-0.25, -0.2) is 0 Å². The fraction of sp³-hybridized carbons (Fsp3) is 0.368. The van der Waals surface area contributed by atoms with Crippen LogP contribution in [0.5, 0.6) is 0 Å². The molecular weight excluding hydrogens is 242 g/mol. The average molecular weight is 265 g/mol. The van der Waals surface area contributed by atoms with Crippen molar-refractivity contribution in [2.75, 3.05) is 0 Å². The molecule has 0 aliphatic carbocycles. The van der Waals surface area contributed by atoms with Gasteiger partial charge in [0.1, 0.15) is 0 Å². The number of hydrogen-bond donors (Lipinski definition) is 0. The van der Waals surface area contributed by atoms with Gasteiger partial charge in [0.2, 0.25) is 0 Å². The van der Waals surface area contributed by atoms with E-state index in [4.69, 9.17) is 0 Å². The second kappa shape index (κ2) is 4.66. The third-order valence-corrected chi connectivity index (χ3v) is 4.39. The smallest absolute Gasteiger partial charge is 0.0488 e. The first kappa shape index (κ1) is 13.2. The van der Waals surface area contributed by atoms with Crippen molar-refractivity contribution in [3.63, 3.8) is 0 Å². The zero-order chi connectivity index (χ0) is 14.4. The summed E-state index contributed by atoms with van der Waals surface area (Å²) in [7, 11) is 2.16. The van der Waals surface area contributed by atoms with Crippen LogP contribution in [0.2, 0.25) is 0 Å². The minimum Gasteiger partial charge on any atom is -0.344 e. The summed E-state index contributed by atoms with van der Waals surface area (Å²) in [5.41, 5.74) is 5.48. The van der Waals surface area contributed by atoms with E-state index in [2.05, 4.69) is 75.7 Å². The minimum absolute atomic E-state index is 0.572. The van der Waals surface area contributed by atoms with Crippen LogP contribution in [0.25, 0.3) is 21.8 Å². The van der Waals surface area contributed by atoms with Crippen molar-refractivity contribution in [3.05, 3.63) is 47.5 Å². The van der Waals surface area contributed by atoms with E-state index in [-0.39, 0.29) is 0 Å². The summed E-state index contributed by atoms with van der Waals surface area (Å²) < 4.78 is 2.30. The second-order valence-corrected chi connectivity index (χ2v) is 6.42. The van der Waals surface area contributed by atoms with Crippen molar-refractivity contribution >= 4 is 21.8 Å². The van der Waals surface area contributed by atoms with Crippen molar-refractivity contribution in [2.24, 2.45) is 7.05 Å². The van der Waals surface area contributed by atoms with E-state index >= 15 is 0 Å². The van der Waals surface area contributed by atoms with Gasteiger partial charge >= 0.3 is 0 Å². The molecule has 0 bridgehead atoms.